The van der Waals surface area contributed by atoms with E-state index in [1.807, 2.05) is 0 Å². The van der Waals surface area contributed by atoms with Crippen LogP contribution in [-0.4, -0.2) is 55.1 Å². The lowest BCUT2D eigenvalue weighted by atomic mass is 10.1. The summed E-state index contributed by atoms with van der Waals surface area (Å²) in [4.78, 5) is 5.08. The van der Waals surface area contributed by atoms with Crippen molar-refractivity contribution in [1.82, 2.24) is 9.80 Å². The minimum atomic E-state index is 0.361. The van der Waals surface area contributed by atoms with E-state index in [1.54, 1.807) is 0 Å². The summed E-state index contributed by atoms with van der Waals surface area (Å²) in [5, 5.41) is 0. The molecular formula is C12H27N3. The quantitative estimate of drug-likeness (QED) is 0.743. The molecule has 2 unspecified atom stereocenters. The SMILES string of the molecule is CCC1CN(CCCC(C)N)CCN1C. The lowest BCUT2D eigenvalue weighted by Crippen LogP contribution is -2.51. The average Bonchev–Trinajstić information content (AvgIpc) is 2.20. The maximum atomic E-state index is 5.76. The van der Waals surface area contributed by atoms with Crippen molar-refractivity contribution >= 4 is 0 Å². The van der Waals surface area contributed by atoms with Crippen molar-refractivity contribution in [2.24, 2.45) is 5.73 Å². The van der Waals surface area contributed by atoms with Crippen LogP contribution in [0.25, 0.3) is 0 Å². The number of likely N-dealkylation sites (N-methyl/N-ethyl adjacent to an activating group) is 1. The molecule has 0 amide bonds. The van der Waals surface area contributed by atoms with Crippen LogP contribution in [0.3, 0.4) is 0 Å². The Bertz CT molecular complexity index is 170. The number of piperazine rings is 1. The van der Waals surface area contributed by atoms with E-state index in [2.05, 4.69) is 30.7 Å². The minimum Gasteiger partial charge on any atom is -0.328 e. The molecule has 3 heteroatoms. The molecule has 0 saturated carbocycles. The molecule has 0 aliphatic carbocycles. The van der Waals surface area contributed by atoms with Crippen LogP contribution in [0.4, 0.5) is 0 Å². The third-order valence-electron chi connectivity index (χ3n) is 3.47. The summed E-state index contributed by atoms with van der Waals surface area (Å²) in [6.45, 7) is 9.30. The first-order chi connectivity index (χ1) is 7.13. The molecule has 1 rings (SSSR count). The molecule has 90 valence electrons. The fourth-order valence-electron chi connectivity index (χ4n) is 2.29. The van der Waals surface area contributed by atoms with Crippen molar-refractivity contribution in [2.45, 2.75) is 45.2 Å². The fourth-order valence-corrected chi connectivity index (χ4v) is 2.29. The smallest absolute Gasteiger partial charge is 0.0218 e. The standard InChI is InChI=1S/C12H27N3/c1-4-12-10-15(9-8-14(12)3)7-5-6-11(2)13/h11-12H,4-10,13H2,1-3H3. The summed E-state index contributed by atoms with van der Waals surface area (Å²) in [5.74, 6) is 0. The van der Waals surface area contributed by atoms with Crippen molar-refractivity contribution in [3.8, 4) is 0 Å². The van der Waals surface area contributed by atoms with Crippen LogP contribution in [0.5, 0.6) is 0 Å². The van der Waals surface area contributed by atoms with E-state index in [9.17, 15) is 0 Å². The first kappa shape index (κ1) is 12.9. The van der Waals surface area contributed by atoms with Gasteiger partial charge in [-0.2, -0.15) is 0 Å². The van der Waals surface area contributed by atoms with E-state index in [0.29, 0.717) is 6.04 Å². The van der Waals surface area contributed by atoms with Crippen LogP contribution in [0, 0.1) is 0 Å². The third-order valence-corrected chi connectivity index (χ3v) is 3.47. The van der Waals surface area contributed by atoms with Crippen LogP contribution >= 0.6 is 0 Å². The number of rotatable bonds is 5. The molecule has 0 aromatic heterocycles. The normalized spacial score (nSPS) is 26.8. The minimum absolute atomic E-state index is 0.361. The van der Waals surface area contributed by atoms with Crippen molar-refractivity contribution in [1.29, 1.82) is 0 Å². The molecule has 0 radical (unpaired) electrons. The van der Waals surface area contributed by atoms with Gasteiger partial charge in [0.05, 0.1) is 0 Å². The Morgan fingerprint density at radius 2 is 2.13 bits per heavy atom. The Morgan fingerprint density at radius 3 is 2.73 bits per heavy atom. The largest absolute Gasteiger partial charge is 0.328 e. The van der Waals surface area contributed by atoms with Gasteiger partial charge in [-0.1, -0.05) is 6.92 Å². The zero-order chi connectivity index (χ0) is 11.3. The van der Waals surface area contributed by atoms with Gasteiger partial charge in [-0.3, -0.25) is 0 Å². The van der Waals surface area contributed by atoms with Crippen molar-refractivity contribution in [3.63, 3.8) is 0 Å². The maximum absolute atomic E-state index is 5.76. The van der Waals surface area contributed by atoms with Crippen molar-refractivity contribution in [3.05, 3.63) is 0 Å². The fraction of sp³-hybridized carbons (Fsp3) is 1.00. The molecule has 0 aromatic rings. The highest BCUT2D eigenvalue weighted by atomic mass is 15.3. The summed E-state index contributed by atoms with van der Waals surface area (Å²) >= 11 is 0. The van der Waals surface area contributed by atoms with E-state index < -0.39 is 0 Å². The highest BCUT2D eigenvalue weighted by Gasteiger charge is 2.21. The van der Waals surface area contributed by atoms with Gasteiger partial charge in [-0.05, 0) is 39.8 Å². The number of hydrogen-bond acceptors (Lipinski definition) is 3. The Kier molecular flexibility index (Phi) is 5.58. The van der Waals surface area contributed by atoms with Gasteiger partial charge in [0.1, 0.15) is 0 Å². The van der Waals surface area contributed by atoms with Crippen LogP contribution in [0.2, 0.25) is 0 Å². The van der Waals surface area contributed by atoms with Crippen LogP contribution in [0.1, 0.15) is 33.1 Å². The topological polar surface area (TPSA) is 32.5 Å². The molecule has 1 aliphatic heterocycles. The van der Waals surface area contributed by atoms with Gasteiger partial charge in [0.2, 0.25) is 0 Å². The van der Waals surface area contributed by atoms with E-state index >= 15 is 0 Å². The number of nitrogens with two attached hydrogens (primary N) is 1. The molecule has 2 atom stereocenters. The Balaban J connectivity index is 2.20. The van der Waals surface area contributed by atoms with E-state index in [4.69, 9.17) is 5.73 Å². The summed E-state index contributed by atoms with van der Waals surface area (Å²) in [6, 6.07) is 1.12. The molecular weight excluding hydrogens is 186 g/mol. The molecule has 1 fully saturated rings. The van der Waals surface area contributed by atoms with Crippen LogP contribution in [0.15, 0.2) is 0 Å². The Labute approximate surface area is 94.6 Å². The third kappa shape index (κ3) is 4.49. The van der Waals surface area contributed by atoms with E-state index in [1.165, 1.54) is 39.0 Å². The molecule has 0 aromatic carbocycles. The highest BCUT2D eigenvalue weighted by Crippen LogP contribution is 2.11. The average molecular weight is 213 g/mol. The molecule has 1 saturated heterocycles. The van der Waals surface area contributed by atoms with E-state index in [-0.39, 0.29) is 0 Å². The van der Waals surface area contributed by atoms with Gasteiger partial charge in [-0.15, -0.1) is 0 Å². The molecule has 0 bridgehead atoms. The lowest BCUT2D eigenvalue weighted by molar-refractivity contribution is 0.0918. The van der Waals surface area contributed by atoms with Crippen LogP contribution < -0.4 is 5.73 Å². The predicted octanol–water partition coefficient (Wildman–Crippen LogP) is 1.14. The Hall–Kier alpha value is -0.120. The van der Waals surface area contributed by atoms with Crippen LogP contribution in [-0.2, 0) is 0 Å². The highest BCUT2D eigenvalue weighted by molar-refractivity contribution is 4.79. The van der Waals surface area contributed by atoms with Gasteiger partial charge in [0.25, 0.3) is 0 Å². The predicted molar refractivity (Wildman–Crippen MR) is 66.0 cm³/mol. The molecule has 1 heterocycles. The first-order valence-corrected chi connectivity index (χ1v) is 6.31. The maximum Gasteiger partial charge on any atom is 0.0218 e. The summed E-state index contributed by atoms with van der Waals surface area (Å²) in [7, 11) is 2.24. The number of nitrogens with zero attached hydrogens (tertiary/aromatic N) is 2. The first-order valence-electron chi connectivity index (χ1n) is 6.31. The lowest BCUT2D eigenvalue weighted by Gasteiger charge is -2.39. The second-order valence-electron chi connectivity index (χ2n) is 4.96. The monoisotopic (exact) mass is 213 g/mol. The van der Waals surface area contributed by atoms with Crippen molar-refractivity contribution < 1.29 is 0 Å². The van der Waals surface area contributed by atoms with Crippen molar-refractivity contribution in [2.75, 3.05) is 33.2 Å². The Morgan fingerprint density at radius 1 is 1.40 bits per heavy atom. The summed E-state index contributed by atoms with van der Waals surface area (Å²) in [5.41, 5.74) is 5.76. The van der Waals surface area contributed by atoms with Gasteiger partial charge in [0.15, 0.2) is 0 Å². The summed E-state index contributed by atoms with van der Waals surface area (Å²) in [6.07, 6.45) is 3.67. The molecule has 2 N–H and O–H groups in total. The number of hydrogen-bond donors (Lipinski definition) is 1. The molecule has 1 aliphatic rings. The van der Waals surface area contributed by atoms with Gasteiger partial charge in [-0.25, -0.2) is 0 Å². The second-order valence-corrected chi connectivity index (χ2v) is 4.96. The summed E-state index contributed by atoms with van der Waals surface area (Å²) < 4.78 is 0. The zero-order valence-electron chi connectivity index (χ0n) is 10.6. The zero-order valence-corrected chi connectivity index (χ0v) is 10.6. The van der Waals surface area contributed by atoms with Gasteiger partial charge in [0, 0.05) is 31.7 Å². The molecule has 15 heavy (non-hydrogen) atoms. The molecule has 3 nitrogen and oxygen atoms in total. The molecule has 0 spiro atoms. The van der Waals surface area contributed by atoms with Gasteiger partial charge >= 0.3 is 0 Å². The van der Waals surface area contributed by atoms with E-state index in [0.717, 1.165) is 12.5 Å². The second kappa shape index (κ2) is 6.46. The van der Waals surface area contributed by atoms with Gasteiger partial charge < -0.3 is 15.5 Å².